The smallest absolute Gasteiger partial charge is 0.308 e. The van der Waals surface area contributed by atoms with Crippen LogP contribution in [0, 0.1) is 17.6 Å². The zero-order chi connectivity index (χ0) is 22.9. The quantitative estimate of drug-likeness (QED) is 0.475. The van der Waals surface area contributed by atoms with E-state index in [9.17, 15) is 18.7 Å². The lowest BCUT2D eigenvalue weighted by atomic mass is 10.1. The van der Waals surface area contributed by atoms with Crippen molar-refractivity contribution in [1.82, 2.24) is 24.9 Å². The van der Waals surface area contributed by atoms with Crippen molar-refractivity contribution in [3.8, 4) is 22.9 Å². The Bertz CT molecular complexity index is 1310. The second kappa shape index (κ2) is 8.41. The molecule has 1 aliphatic rings. The van der Waals surface area contributed by atoms with E-state index < -0.39 is 17.7 Å². The first kappa shape index (κ1) is 20.7. The molecule has 33 heavy (non-hydrogen) atoms. The van der Waals surface area contributed by atoms with Gasteiger partial charge in [-0.2, -0.15) is 5.10 Å². The lowest BCUT2D eigenvalue weighted by Gasteiger charge is -2.17. The summed E-state index contributed by atoms with van der Waals surface area (Å²) in [6.07, 6.45) is 2.85. The van der Waals surface area contributed by atoms with Crippen molar-refractivity contribution in [3.05, 3.63) is 66.1 Å². The van der Waals surface area contributed by atoms with Crippen molar-refractivity contribution >= 4 is 11.8 Å². The minimum absolute atomic E-state index is 0.0235. The Hall–Kier alpha value is -4.15. The van der Waals surface area contributed by atoms with Crippen LogP contribution < -0.4 is 4.90 Å². The number of rotatable bonds is 6. The maximum Gasteiger partial charge on any atom is 0.308 e. The number of hydrogen-bond donors (Lipinski definition) is 1. The van der Waals surface area contributed by atoms with Gasteiger partial charge in [0, 0.05) is 24.7 Å². The summed E-state index contributed by atoms with van der Waals surface area (Å²) < 4.78 is 35.2. The topological polar surface area (TPSA) is 110 Å². The van der Waals surface area contributed by atoms with E-state index in [4.69, 9.17) is 4.52 Å². The number of aliphatic carboxylic acids is 1. The minimum Gasteiger partial charge on any atom is -0.481 e. The van der Waals surface area contributed by atoms with Gasteiger partial charge in [-0.1, -0.05) is 23.4 Å². The number of anilines is 1. The molecule has 168 valence electrons. The largest absolute Gasteiger partial charge is 0.481 e. The van der Waals surface area contributed by atoms with Crippen LogP contribution >= 0.6 is 0 Å². The van der Waals surface area contributed by atoms with E-state index in [1.807, 2.05) is 0 Å². The molecule has 1 N–H and O–H groups in total. The predicted molar refractivity (Wildman–Crippen MR) is 112 cm³/mol. The summed E-state index contributed by atoms with van der Waals surface area (Å²) in [5.41, 5.74) is 1.79. The van der Waals surface area contributed by atoms with Crippen LogP contribution in [0.25, 0.3) is 22.9 Å². The second-order valence-corrected chi connectivity index (χ2v) is 7.68. The van der Waals surface area contributed by atoms with E-state index in [-0.39, 0.29) is 30.5 Å². The van der Waals surface area contributed by atoms with Gasteiger partial charge >= 0.3 is 5.97 Å². The van der Waals surface area contributed by atoms with Crippen LogP contribution in [0.4, 0.5) is 14.6 Å². The van der Waals surface area contributed by atoms with Gasteiger partial charge in [0.2, 0.25) is 0 Å². The number of aromatic nitrogens is 5. The molecule has 4 aromatic rings. The molecule has 0 amide bonds. The van der Waals surface area contributed by atoms with E-state index in [1.54, 1.807) is 39.9 Å². The number of carboxylic acid groups (broad SMARTS) is 1. The van der Waals surface area contributed by atoms with Gasteiger partial charge in [0.25, 0.3) is 0 Å². The van der Waals surface area contributed by atoms with Gasteiger partial charge < -0.3 is 14.5 Å². The first-order valence-corrected chi connectivity index (χ1v) is 10.2. The fraction of sp³-hybridized carbons (Fsp3) is 0.227. The van der Waals surface area contributed by atoms with E-state index >= 15 is 0 Å². The molecule has 0 radical (unpaired) electrons. The van der Waals surface area contributed by atoms with Crippen LogP contribution in [-0.2, 0) is 11.3 Å². The highest BCUT2D eigenvalue weighted by Crippen LogP contribution is 2.29. The fourth-order valence-corrected chi connectivity index (χ4v) is 3.84. The summed E-state index contributed by atoms with van der Waals surface area (Å²) in [5, 5.41) is 17.7. The zero-order valence-corrected chi connectivity index (χ0v) is 17.2. The molecule has 0 saturated carbocycles. The van der Waals surface area contributed by atoms with Crippen LogP contribution in [0.1, 0.15) is 12.0 Å². The molecular formula is C22H18F2N6O3. The zero-order valence-electron chi connectivity index (χ0n) is 17.2. The monoisotopic (exact) mass is 452 g/mol. The number of carboxylic acids is 1. The minimum atomic E-state index is -0.920. The molecule has 0 aliphatic carbocycles. The third-order valence-corrected chi connectivity index (χ3v) is 5.55. The maximum atomic E-state index is 14.5. The average Bonchev–Trinajstić information content (AvgIpc) is 3.56. The Kier molecular flexibility index (Phi) is 5.29. The van der Waals surface area contributed by atoms with Gasteiger partial charge in [-0.25, -0.2) is 18.7 Å². The molecule has 1 aliphatic heterocycles. The van der Waals surface area contributed by atoms with E-state index in [0.717, 1.165) is 6.20 Å². The number of benzene rings is 1. The maximum absolute atomic E-state index is 14.5. The van der Waals surface area contributed by atoms with Gasteiger partial charge in [-0.15, -0.1) is 0 Å². The van der Waals surface area contributed by atoms with Crippen LogP contribution in [0.5, 0.6) is 0 Å². The van der Waals surface area contributed by atoms with Crippen molar-refractivity contribution in [1.29, 1.82) is 0 Å². The third-order valence-electron chi connectivity index (χ3n) is 5.55. The molecule has 1 fully saturated rings. The molecule has 0 bridgehead atoms. The number of carbonyl (C=O) groups is 1. The first-order valence-electron chi connectivity index (χ1n) is 10.2. The van der Waals surface area contributed by atoms with Gasteiger partial charge in [0.1, 0.15) is 23.5 Å². The predicted octanol–water partition coefficient (Wildman–Crippen LogP) is 3.23. The van der Waals surface area contributed by atoms with E-state index in [1.165, 1.54) is 12.3 Å². The summed E-state index contributed by atoms with van der Waals surface area (Å²) in [5.74, 6) is -2.34. The summed E-state index contributed by atoms with van der Waals surface area (Å²) in [7, 11) is 0. The van der Waals surface area contributed by atoms with E-state index in [2.05, 4.69) is 20.2 Å². The standard InChI is InChI=1S/C22H18F2N6O3/c23-15-4-2-1-3-13(15)12-30-19(17-6-8-33-28-17)9-18(27-30)20-25-10-16(24)21(26-20)29-7-5-14(11-29)22(31)32/h1-4,6,8-10,14H,5,7,11-12H2,(H,31,32). The Morgan fingerprint density at radius 1 is 1.18 bits per heavy atom. The Morgan fingerprint density at radius 3 is 2.76 bits per heavy atom. The lowest BCUT2D eigenvalue weighted by Crippen LogP contribution is -2.24. The molecule has 1 unspecified atom stereocenters. The molecule has 3 aromatic heterocycles. The molecule has 11 heteroatoms. The SMILES string of the molecule is O=C(O)C1CCN(c2nc(-c3cc(-c4ccon4)n(Cc4ccccc4F)n3)ncc2F)C1. The Morgan fingerprint density at radius 2 is 2.03 bits per heavy atom. The van der Waals surface area contributed by atoms with Gasteiger partial charge in [-0.05, 0) is 18.6 Å². The van der Waals surface area contributed by atoms with Crippen molar-refractivity contribution in [3.63, 3.8) is 0 Å². The van der Waals surface area contributed by atoms with Crippen molar-refractivity contribution in [2.45, 2.75) is 13.0 Å². The van der Waals surface area contributed by atoms with Gasteiger partial charge in [-0.3, -0.25) is 9.48 Å². The second-order valence-electron chi connectivity index (χ2n) is 7.68. The van der Waals surface area contributed by atoms with E-state index in [0.29, 0.717) is 35.6 Å². The number of halogens is 2. The summed E-state index contributed by atoms with van der Waals surface area (Å²) in [6.45, 7) is 0.653. The molecule has 1 atom stereocenters. The van der Waals surface area contributed by atoms with Gasteiger partial charge in [0.05, 0.1) is 24.4 Å². The highest BCUT2D eigenvalue weighted by atomic mass is 19.1. The fourth-order valence-electron chi connectivity index (χ4n) is 3.84. The molecule has 0 spiro atoms. The summed E-state index contributed by atoms with van der Waals surface area (Å²) >= 11 is 0. The van der Waals surface area contributed by atoms with Crippen LogP contribution in [0.3, 0.4) is 0 Å². The molecule has 4 heterocycles. The third kappa shape index (κ3) is 4.04. The number of nitrogens with zero attached hydrogens (tertiary/aromatic N) is 6. The van der Waals surface area contributed by atoms with Crippen molar-refractivity contribution in [2.24, 2.45) is 5.92 Å². The molecular weight excluding hydrogens is 434 g/mol. The summed E-state index contributed by atoms with van der Waals surface area (Å²) in [6, 6.07) is 9.67. The van der Waals surface area contributed by atoms with Crippen molar-refractivity contribution in [2.75, 3.05) is 18.0 Å². The van der Waals surface area contributed by atoms with Crippen LogP contribution in [-0.4, -0.2) is 49.1 Å². The molecule has 9 nitrogen and oxygen atoms in total. The molecule has 1 aromatic carbocycles. The lowest BCUT2D eigenvalue weighted by molar-refractivity contribution is -0.140. The Balaban J connectivity index is 1.52. The number of hydrogen-bond acceptors (Lipinski definition) is 7. The Labute approximate surface area is 186 Å². The van der Waals surface area contributed by atoms with Crippen LogP contribution in [0.15, 0.2) is 53.4 Å². The van der Waals surface area contributed by atoms with Crippen LogP contribution in [0.2, 0.25) is 0 Å². The molecule has 5 rings (SSSR count). The van der Waals surface area contributed by atoms with Gasteiger partial charge in [0.15, 0.2) is 17.5 Å². The highest BCUT2D eigenvalue weighted by Gasteiger charge is 2.31. The normalized spacial score (nSPS) is 15.8. The first-order chi connectivity index (χ1) is 16.0. The summed E-state index contributed by atoms with van der Waals surface area (Å²) in [4.78, 5) is 21.3. The average molecular weight is 452 g/mol. The molecule has 1 saturated heterocycles. The highest BCUT2D eigenvalue weighted by molar-refractivity contribution is 5.72. The van der Waals surface area contributed by atoms with Crippen molar-refractivity contribution < 1.29 is 23.2 Å².